The van der Waals surface area contributed by atoms with E-state index in [1.165, 1.54) is 23.9 Å². The first kappa shape index (κ1) is 15.4. The van der Waals surface area contributed by atoms with Crippen molar-refractivity contribution in [3.05, 3.63) is 62.8 Å². The average molecular weight is 376 g/mol. The SMILES string of the molecule is O=C(O)c1cc(SCc2ccc(Cl)c(F)c2)ccc1Br. The molecule has 2 rings (SSSR count). The van der Waals surface area contributed by atoms with Crippen molar-refractivity contribution in [2.75, 3.05) is 0 Å². The zero-order valence-electron chi connectivity index (χ0n) is 10.1. The standard InChI is InChI=1S/C14H9BrClFO2S/c15-11-3-2-9(6-10(11)14(18)19)20-7-8-1-4-12(16)13(17)5-8/h1-6H,7H2,(H,18,19). The molecule has 104 valence electrons. The van der Waals surface area contributed by atoms with Crippen molar-refractivity contribution >= 4 is 45.3 Å². The first-order valence-corrected chi connectivity index (χ1v) is 7.72. The molecule has 0 spiro atoms. The van der Waals surface area contributed by atoms with Crippen LogP contribution in [0.25, 0.3) is 0 Å². The second-order valence-corrected chi connectivity index (χ2v) is 6.29. The smallest absolute Gasteiger partial charge is 0.336 e. The maximum Gasteiger partial charge on any atom is 0.336 e. The summed E-state index contributed by atoms with van der Waals surface area (Å²) in [6.45, 7) is 0. The Kier molecular flexibility index (Phi) is 5.07. The van der Waals surface area contributed by atoms with Gasteiger partial charge in [0.05, 0.1) is 10.6 Å². The van der Waals surface area contributed by atoms with E-state index >= 15 is 0 Å². The van der Waals surface area contributed by atoms with Gasteiger partial charge in [0.1, 0.15) is 5.82 Å². The molecule has 20 heavy (non-hydrogen) atoms. The van der Waals surface area contributed by atoms with Gasteiger partial charge in [-0.25, -0.2) is 9.18 Å². The van der Waals surface area contributed by atoms with Crippen LogP contribution >= 0.6 is 39.3 Å². The van der Waals surface area contributed by atoms with E-state index in [9.17, 15) is 9.18 Å². The van der Waals surface area contributed by atoms with Gasteiger partial charge < -0.3 is 5.11 Å². The van der Waals surface area contributed by atoms with Gasteiger partial charge in [-0.1, -0.05) is 17.7 Å². The van der Waals surface area contributed by atoms with Crippen LogP contribution in [0.4, 0.5) is 4.39 Å². The lowest BCUT2D eigenvalue weighted by Gasteiger charge is -2.05. The Morgan fingerprint density at radius 3 is 2.70 bits per heavy atom. The molecule has 0 aliphatic carbocycles. The molecule has 2 aromatic rings. The van der Waals surface area contributed by atoms with E-state index in [0.29, 0.717) is 10.2 Å². The van der Waals surface area contributed by atoms with E-state index in [1.807, 2.05) is 6.07 Å². The molecule has 0 bridgehead atoms. The minimum absolute atomic E-state index is 0.0931. The van der Waals surface area contributed by atoms with Gasteiger partial charge in [0.25, 0.3) is 0 Å². The third-order valence-electron chi connectivity index (χ3n) is 2.56. The molecule has 0 amide bonds. The molecule has 0 radical (unpaired) electrons. The van der Waals surface area contributed by atoms with Crippen molar-refractivity contribution in [1.29, 1.82) is 0 Å². The minimum Gasteiger partial charge on any atom is -0.478 e. The van der Waals surface area contributed by atoms with Gasteiger partial charge >= 0.3 is 5.97 Å². The molecular formula is C14H9BrClFO2S. The Morgan fingerprint density at radius 2 is 2.05 bits per heavy atom. The van der Waals surface area contributed by atoms with Crippen LogP contribution in [0.5, 0.6) is 0 Å². The minimum atomic E-state index is -0.989. The third-order valence-corrected chi connectivity index (χ3v) is 4.62. The van der Waals surface area contributed by atoms with E-state index in [4.69, 9.17) is 16.7 Å². The van der Waals surface area contributed by atoms with Crippen molar-refractivity contribution in [3.8, 4) is 0 Å². The molecule has 0 fully saturated rings. The summed E-state index contributed by atoms with van der Waals surface area (Å²) in [6.07, 6.45) is 0. The molecule has 0 atom stereocenters. The number of halogens is 3. The first-order valence-electron chi connectivity index (χ1n) is 5.57. The predicted molar refractivity (Wildman–Crippen MR) is 82.1 cm³/mol. The van der Waals surface area contributed by atoms with E-state index in [2.05, 4.69) is 15.9 Å². The number of carbonyl (C=O) groups is 1. The summed E-state index contributed by atoms with van der Waals surface area (Å²) in [5, 5.41) is 9.13. The van der Waals surface area contributed by atoms with E-state index in [1.54, 1.807) is 18.2 Å². The molecule has 1 N–H and O–H groups in total. The molecule has 0 saturated carbocycles. The second kappa shape index (κ2) is 6.61. The van der Waals surface area contributed by atoms with Crippen molar-refractivity contribution in [1.82, 2.24) is 0 Å². The number of thioether (sulfide) groups is 1. The zero-order chi connectivity index (χ0) is 14.7. The van der Waals surface area contributed by atoms with Gasteiger partial charge in [-0.05, 0) is 51.8 Å². The highest BCUT2D eigenvalue weighted by atomic mass is 79.9. The van der Waals surface area contributed by atoms with Crippen LogP contribution in [-0.2, 0) is 5.75 Å². The van der Waals surface area contributed by atoms with Crippen LogP contribution < -0.4 is 0 Å². The molecular weight excluding hydrogens is 367 g/mol. The number of hydrogen-bond acceptors (Lipinski definition) is 2. The second-order valence-electron chi connectivity index (χ2n) is 3.98. The largest absolute Gasteiger partial charge is 0.478 e. The maximum absolute atomic E-state index is 13.3. The van der Waals surface area contributed by atoms with Crippen molar-refractivity contribution in [2.45, 2.75) is 10.6 Å². The quantitative estimate of drug-likeness (QED) is 0.743. The van der Waals surface area contributed by atoms with Gasteiger partial charge in [-0.15, -0.1) is 11.8 Å². The number of benzene rings is 2. The summed E-state index contributed by atoms with van der Waals surface area (Å²) in [6, 6.07) is 9.73. The summed E-state index contributed by atoms with van der Waals surface area (Å²) < 4.78 is 13.8. The summed E-state index contributed by atoms with van der Waals surface area (Å²) in [5.41, 5.74) is 0.994. The Balaban J connectivity index is 2.12. The molecule has 2 nitrogen and oxygen atoms in total. The third kappa shape index (κ3) is 3.75. The van der Waals surface area contributed by atoms with Crippen LogP contribution in [0.1, 0.15) is 15.9 Å². The van der Waals surface area contributed by atoms with Crippen LogP contribution in [0, 0.1) is 5.82 Å². The van der Waals surface area contributed by atoms with Gasteiger partial charge in [0.15, 0.2) is 0 Å². The number of hydrogen-bond donors (Lipinski definition) is 1. The van der Waals surface area contributed by atoms with Crippen molar-refractivity contribution in [3.63, 3.8) is 0 Å². The summed E-state index contributed by atoms with van der Waals surface area (Å²) in [5.74, 6) is -0.905. The number of carboxylic acid groups (broad SMARTS) is 1. The lowest BCUT2D eigenvalue weighted by molar-refractivity contribution is 0.0695. The fourth-order valence-corrected chi connectivity index (χ4v) is 2.97. The van der Waals surface area contributed by atoms with E-state index in [-0.39, 0.29) is 10.6 Å². The fourth-order valence-electron chi connectivity index (χ4n) is 1.55. The fraction of sp³-hybridized carbons (Fsp3) is 0.0714. The monoisotopic (exact) mass is 374 g/mol. The lowest BCUT2D eigenvalue weighted by atomic mass is 10.2. The van der Waals surface area contributed by atoms with Gasteiger partial charge in [-0.2, -0.15) is 0 Å². The summed E-state index contributed by atoms with van der Waals surface area (Å²) >= 11 is 10.2. The van der Waals surface area contributed by atoms with E-state index in [0.717, 1.165) is 10.5 Å². The molecule has 0 unspecified atom stereocenters. The van der Waals surface area contributed by atoms with E-state index < -0.39 is 11.8 Å². The number of rotatable bonds is 4. The first-order chi connectivity index (χ1) is 9.47. The van der Waals surface area contributed by atoms with Crippen LogP contribution in [0.15, 0.2) is 45.8 Å². The molecule has 2 aromatic carbocycles. The highest BCUT2D eigenvalue weighted by molar-refractivity contribution is 9.10. The average Bonchev–Trinajstić information content (AvgIpc) is 2.41. The maximum atomic E-state index is 13.3. The van der Waals surface area contributed by atoms with Gasteiger partial charge in [0, 0.05) is 15.1 Å². The number of carboxylic acids is 1. The molecule has 6 heteroatoms. The van der Waals surface area contributed by atoms with Crippen LogP contribution in [-0.4, -0.2) is 11.1 Å². The molecule has 0 aliphatic heterocycles. The summed E-state index contributed by atoms with van der Waals surface area (Å²) in [4.78, 5) is 11.8. The normalized spacial score (nSPS) is 10.6. The molecule has 0 saturated heterocycles. The van der Waals surface area contributed by atoms with Crippen molar-refractivity contribution < 1.29 is 14.3 Å². The highest BCUT2D eigenvalue weighted by Crippen LogP contribution is 2.28. The molecule has 0 heterocycles. The Bertz CT molecular complexity index is 664. The van der Waals surface area contributed by atoms with Crippen LogP contribution in [0.2, 0.25) is 5.02 Å². The topological polar surface area (TPSA) is 37.3 Å². The Hall–Kier alpha value is -1.04. The molecule has 0 aromatic heterocycles. The summed E-state index contributed by atoms with van der Waals surface area (Å²) in [7, 11) is 0. The molecule has 0 aliphatic rings. The number of aromatic carboxylic acids is 1. The Morgan fingerprint density at radius 1 is 1.30 bits per heavy atom. The lowest BCUT2D eigenvalue weighted by Crippen LogP contribution is -1.97. The highest BCUT2D eigenvalue weighted by Gasteiger charge is 2.09. The predicted octanol–water partition coefficient (Wildman–Crippen LogP) is 5.23. The zero-order valence-corrected chi connectivity index (χ0v) is 13.2. The van der Waals surface area contributed by atoms with Crippen LogP contribution in [0.3, 0.4) is 0 Å². The van der Waals surface area contributed by atoms with Gasteiger partial charge in [0.2, 0.25) is 0 Å². The van der Waals surface area contributed by atoms with Crippen molar-refractivity contribution in [2.24, 2.45) is 0 Å². The van der Waals surface area contributed by atoms with Gasteiger partial charge in [-0.3, -0.25) is 0 Å². The Labute approximate surface area is 133 Å².